The van der Waals surface area contributed by atoms with Gasteiger partial charge in [0.25, 0.3) is 5.91 Å². The molecule has 3 saturated heterocycles. The molecule has 3 amide bonds. The Bertz CT molecular complexity index is 1310. The predicted molar refractivity (Wildman–Crippen MR) is 146 cm³/mol. The first-order chi connectivity index (χ1) is 20.0. The minimum Gasteiger partial charge on any atom is -0.381 e. The summed E-state index contributed by atoms with van der Waals surface area (Å²) >= 11 is 0. The normalized spacial score (nSPS) is 22.2. The molecule has 3 aliphatic heterocycles. The van der Waals surface area contributed by atoms with Crippen LogP contribution in [-0.2, 0) is 20.5 Å². The molecule has 11 heteroatoms. The molecule has 1 spiro atoms. The molecule has 2 atom stereocenters. The maximum absolute atomic E-state index is 14.5. The Morgan fingerprint density at radius 1 is 1.05 bits per heavy atom. The Kier molecular flexibility index (Phi) is 8.59. The molecule has 1 N–H and O–H groups in total. The van der Waals surface area contributed by atoms with Crippen LogP contribution in [0.25, 0.3) is 0 Å². The molecule has 226 valence electrons. The van der Waals surface area contributed by atoms with E-state index in [0.29, 0.717) is 83.2 Å². The van der Waals surface area contributed by atoms with E-state index in [1.807, 2.05) is 18.2 Å². The largest absolute Gasteiger partial charge is 0.416 e. The van der Waals surface area contributed by atoms with Crippen LogP contribution in [0.3, 0.4) is 0 Å². The summed E-state index contributed by atoms with van der Waals surface area (Å²) in [6.45, 7) is 2.07. The number of likely N-dealkylation sites (tertiary alicyclic amines) is 2. The number of hydrogen-bond acceptors (Lipinski definition) is 4. The first-order valence-corrected chi connectivity index (χ1v) is 14.3. The van der Waals surface area contributed by atoms with Crippen LogP contribution >= 0.6 is 0 Å². The number of ether oxygens (including phenoxy) is 1. The number of amides is 3. The van der Waals surface area contributed by atoms with Gasteiger partial charge in [0.05, 0.1) is 11.1 Å². The van der Waals surface area contributed by atoms with Gasteiger partial charge in [0.1, 0.15) is 11.9 Å². The Balaban J connectivity index is 1.35. The fraction of sp³-hybridized carbons (Fsp3) is 0.516. The van der Waals surface area contributed by atoms with Gasteiger partial charge >= 0.3 is 6.18 Å². The molecule has 2 aromatic rings. The number of nitrogens with zero attached hydrogens (tertiary/aromatic N) is 2. The second-order valence-corrected chi connectivity index (χ2v) is 11.7. The fourth-order valence-electron chi connectivity index (χ4n) is 6.69. The van der Waals surface area contributed by atoms with Gasteiger partial charge in [-0.05, 0) is 60.8 Å². The quantitative estimate of drug-likeness (QED) is 0.517. The molecule has 3 heterocycles. The number of benzene rings is 2. The van der Waals surface area contributed by atoms with Crippen LogP contribution in [0.4, 0.5) is 17.6 Å². The van der Waals surface area contributed by atoms with E-state index in [9.17, 15) is 31.9 Å². The maximum Gasteiger partial charge on any atom is 0.416 e. The predicted octanol–water partition coefficient (Wildman–Crippen LogP) is 4.62. The van der Waals surface area contributed by atoms with Gasteiger partial charge in [0, 0.05) is 52.2 Å². The highest BCUT2D eigenvalue weighted by Crippen LogP contribution is 2.50. The minimum absolute atomic E-state index is 0.0671. The average Bonchev–Trinajstić information content (AvgIpc) is 2.98. The lowest BCUT2D eigenvalue weighted by atomic mass is 9.62. The number of piperidine rings is 2. The molecule has 3 fully saturated rings. The Morgan fingerprint density at radius 3 is 2.36 bits per heavy atom. The van der Waals surface area contributed by atoms with Crippen molar-refractivity contribution in [2.75, 3.05) is 39.9 Å². The van der Waals surface area contributed by atoms with E-state index < -0.39 is 35.1 Å². The number of alkyl halides is 3. The molecule has 0 bridgehead atoms. The van der Waals surface area contributed by atoms with E-state index in [-0.39, 0.29) is 29.1 Å². The number of hydrogen-bond donors (Lipinski definition) is 1. The number of rotatable bonds is 5. The summed E-state index contributed by atoms with van der Waals surface area (Å²) in [4.78, 5) is 43.3. The molecule has 2 aromatic carbocycles. The molecule has 3 aliphatic rings. The minimum atomic E-state index is -4.75. The average molecular weight is 590 g/mol. The second-order valence-electron chi connectivity index (χ2n) is 11.7. The van der Waals surface area contributed by atoms with E-state index >= 15 is 0 Å². The number of carbonyl (C=O) groups excluding carboxylic acids is 3. The molecule has 0 aromatic heterocycles. The van der Waals surface area contributed by atoms with Crippen LogP contribution in [-0.4, -0.2) is 73.5 Å². The summed E-state index contributed by atoms with van der Waals surface area (Å²) in [6, 6.07) is 10.7. The monoisotopic (exact) mass is 589 g/mol. The Hall–Kier alpha value is -3.47. The highest BCUT2D eigenvalue weighted by atomic mass is 19.4. The van der Waals surface area contributed by atoms with Crippen molar-refractivity contribution in [2.24, 2.45) is 11.3 Å². The molecule has 42 heavy (non-hydrogen) atoms. The fourth-order valence-corrected chi connectivity index (χ4v) is 6.69. The van der Waals surface area contributed by atoms with Crippen molar-refractivity contribution in [3.8, 4) is 0 Å². The third kappa shape index (κ3) is 6.16. The summed E-state index contributed by atoms with van der Waals surface area (Å²) in [5.41, 5.74) is -1.08. The van der Waals surface area contributed by atoms with Crippen molar-refractivity contribution < 1.29 is 36.7 Å². The Labute approximate surface area is 242 Å². The van der Waals surface area contributed by atoms with E-state index in [1.165, 1.54) is 0 Å². The van der Waals surface area contributed by atoms with Crippen molar-refractivity contribution in [1.82, 2.24) is 15.1 Å². The SMILES string of the molecule is CN1CC(c2ccccc2)C2(CCN(C(=O)[C@H](NC(=O)c3cc(C(F)(F)F)ccc3F)C3CCOCC3)CC2)CC1=O. The van der Waals surface area contributed by atoms with Crippen LogP contribution in [0.1, 0.15) is 59.5 Å². The van der Waals surface area contributed by atoms with Gasteiger partial charge in [-0.1, -0.05) is 30.3 Å². The van der Waals surface area contributed by atoms with Gasteiger partial charge in [-0.2, -0.15) is 13.2 Å². The molecule has 1 unspecified atom stereocenters. The summed E-state index contributed by atoms with van der Waals surface area (Å²) in [5.74, 6) is -2.67. The summed E-state index contributed by atoms with van der Waals surface area (Å²) < 4.78 is 59.7. The summed E-state index contributed by atoms with van der Waals surface area (Å²) in [7, 11) is 1.80. The standard InChI is InChI=1S/C31H35F4N3O4/c1-37-19-24(20-5-3-2-4-6-20)30(18-26(37)39)11-13-38(14-12-30)29(41)27(21-9-15-42-16-10-21)36-28(40)23-17-22(31(33,34)35)7-8-25(23)32/h2-8,17,21,24,27H,9-16,18-19H2,1H3,(H,36,40)/t24?,27-/m1/s1. The molecule has 7 nitrogen and oxygen atoms in total. The van der Waals surface area contributed by atoms with Crippen LogP contribution in [0.5, 0.6) is 0 Å². The van der Waals surface area contributed by atoms with Gasteiger partial charge in [0.2, 0.25) is 11.8 Å². The lowest BCUT2D eigenvalue weighted by molar-refractivity contribution is -0.144. The number of halogens is 4. The van der Waals surface area contributed by atoms with E-state index in [0.717, 1.165) is 5.56 Å². The molecule has 0 saturated carbocycles. The lowest BCUT2D eigenvalue weighted by Crippen LogP contribution is -2.58. The van der Waals surface area contributed by atoms with E-state index in [2.05, 4.69) is 17.4 Å². The third-order valence-electron chi connectivity index (χ3n) is 9.23. The first kappa shape index (κ1) is 30.0. The zero-order valence-corrected chi connectivity index (χ0v) is 23.5. The van der Waals surface area contributed by atoms with Gasteiger partial charge in [-0.15, -0.1) is 0 Å². The van der Waals surface area contributed by atoms with E-state index in [4.69, 9.17) is 4.74 Å². The highest BCUT2D eigenvalue weighted by molar-refractivity contribution is 5.98. The number of nitrogens with one attached hydrogen (secondary N) is 1. The van der Waals surface area contributed by atoms with Gasteiger partial charge in [0.15, 0.2) is 0 Å². The van der Waals surface area contributed by atoms with Crippen molar-refractivity contribution in [3.63, 3.8) is 0 Å². The van der Waals surface area contributed by atoms with Crippen LogP contribution in [0.2, 0.25) is 0 Å². The van der Waals surface area contributed by atoms with Crippen LogP contribution < -0.4 is 5.32 Å². The molecule has 5 rings (SSSR count). The molecule has 0 aliphatic carbocycles. The smallest absolute Gasteiger partial charge is 0.381 e. The molecule has 0 radical (unpaired) electrons. The maximum atomic E-state index is 14.5. The summed E-state index contributed by atoms with van der Waals surface area (Å²) in [6.07, 6.45) is -2.26. The topological polar surface area (TPSA) is 78.9 Å². The number of likely N-dealkylation sites (N-methyl/N-ethyl adjacent to an activating group) is 1. The third-order valence-corrected chi connectivity index (χ3v) is 9.23. The zero-order chi connectivity index (χ0) is 30.1. The van der Waals surface area contributed by atoms with Crippen LogP contribution in [0.15, 0.2) is 48.5 Å². The summed E-state index contributed by atoms with van der Waals surface area (Å²) in [5, 5.41) is 2.58. The van der Waals surface area contributed by atoms with Gasteiger partial charge < -0.3 is 19.9 Å². The molecular weight excluding hydrogens is 554 g/mol. The first-order valence-electron chi connectivity index (χ1n) is 14.3. The molecular formula is C31H35F4N3O4. The number of carbonyl (C=O) groups is 3. The van der Waals surface area contributed by atoms with Crippen molar-refractivity contribution in [3.05, 3.63) is 71.0 Å². The lowest BCUT2D eigenvalue weighted by Gasteiger charge is -2.51. The van der Waals surface area contributed by atoms with Gasteiger partial charge in [-0.3, -0.25) is 14.4 Å². The van der Waals surface area contributed by atoms with E-state index in [1.54, 1.807) is 16.8 Å². The van der Waals surface area contributed by atoms with Gasteiger partial charge in [-0.25, -0.2) is 4.39 Å². The van der Waals surface area contributed by atoms with Crippen LogP contribution in [0, 0.1) is 17.2 Å². The van der Waals surface area contributed by atoms with Crippen molar-refractivity contribution >= 4 is 17.7 Å². The van der Waals surface area contributed by atoms with Crippen molar-refractivity contribution in [2.45, 2.75) is 50.2 Å². The van der Waals surface area contributed by atoms with Crippen molar-refractivity contribution in [1.29, 1.82) is 0 Å². The second kappa shape index (κ2) is 12.0. The zero-order valence-electron chi connectivity index (χ0n) is 23.5. The highest BCUT2D eigenvalue weighted by Gasteiger charge is 2.49. The Morgan fingerprint density at radius 2 is 1.71 bits per heavy atom.